The Morgan fingerprint density at radius 1 is 1.14 bits per heavy atom. The first-order valence-electron chi connectivity index (χ1n) is 8.74. The normalized spacial score (nSPS) is 15.6. The lowest BCUT2D eigenvalue weighted by Crippen LogP contribution is -2.40. The molecule has 1 heterocycles. The van der Waals surface area contributed by atoms with Crippen LogP contribution in [0.3, 0.4) is 0 Å². The van der Waals surface area contributed by atoms with Crippen LogP contribution in [0.15, 0.2) is 59.5 Å². The van der Waals surface area contributed by atoms with Crippen molar-refractivity contribution in [3.05, 3.63) is 70.8 Å². The molecular formula is C20H20ClNO5S. The molecule has 148 valence electrons. The molecule has 1 aliphatic rings. The molecule has 3 rings (SSSR count). The summed E-state index contributed by atoms with van der Waals surface area (Å²) in [5, 5.41) is 0.137. The maximum atomic E-state index is 12.8. The molecule has 0 bridgehead atoms. The smallest absolute Gasteiger partial charge is 0.340 e. The largest absolute Gasteiger partial charge is 0.458 e. The fourth-order valence-corrected chi connectivity index (χ4v) is 4.34. The van der Waals surface area contributed by atoms with Crippen LogP contribution in [0.5, 0.6) is 0 Å². The molecule has 28 heavy (non-hydrogen) atoms. The van der Waals surface area contributed by atoms with E-state index >= 15 is 0 Å². The van der Waals surface area contributed by atoms with Gasteiger partial charge in [-0.2, -0.15) is 4.31 Å². The first kappa shape index (κ1) is 20.5. The van der Waals surface area contributed by atoms with E-state index in [1.54, 1.807) is 6.08 Å². The van der Waals surface area contributed by atoms with E-state index in [4.69, 9.17) is 21.1 Å². The number of rotatable bonds is 6. The van der Waals surface area contributed by atoms with Gasteiger partial charge in [-0.25, -0.2) is 13.2 Å². The van der Waals surface area contributed by atoms with Crippen molar-refractivity contribution in [1.29, 1.82) is 0 Å². The molecule has 0 atom stereocenters. The van der Waals surface area contributed by atoms with E-state index in [2.05, 4.69) is 0 Å². The summed E-state index contributed by atoms with van der Waals surface area (Å²) in [6.07, 6.45) is 3.53. The van der Waals surface area contributed by atoms with E-state index in [0.717, 1.165) is 5.56 Å². The number of ether oxygens (including phenoxy) is 2. The lowest BCUT2D eigenvalue weighted by Gasteiger charge is -2.26. The van der Waals surface area contributed by atoms with Crippen molar-refractivity contribution in [2.45, 2.75) is 4.90 Å². The summed E-state index contributed by atoms with van der Waals surface area (Å²) in [6, 6.07) is 13.6. The second-order valence-corrected chi connectivity index (χ2v) is 8.41. The molecule has 0 amide bonds. The van der Waals surface area contributed by atoms with E-state index in [1.165, 1.54) is 22.5 Å². The van der Waals surface area contributed by atoms with Crippen LogP contribution in [0.4, 0.5) is 0 Å². The van der Waals surface area contributed by atoms with Gasteiger partial charge in [0, 0.05) is 13.1 Å². The first-order chi connectivity index (χ1) is 13.5. The number of benzene rings is 2. The van der Waals surface area contributed by atoms with Crippen LogP contribution in [-0.2, 0) is 19.5 Å². The number of morpholine rings is 1. The molecule has 1 saturated heterocycles. The van der Waals surface area contributed by atoms with E-state index in [9.17, 15) is 13.2 Å². The number of esters is 1. The summed E-state index contributed by atoms with van der Waals surface area (Å²) in [7, 11) is -3.72. The minimum absolute atomic E-state index is 0.00516. The van der Waals surface area contributed by atoms with Crippen LogP contribution in [0.1, 0.15) is 15.9 Å². The Hall–Kier alpha value is -2.19. The molecular weight excluding hydrogens is 402 g/mol. The summed E-state index contributed by atoms with van der Waals surface area (Å²) < 4.78 is 37.2. The van der Waals surface area contributed by atoms with Crippen molar-refractivity contribution < 1.29 is 22.7 Å². The number of nitrogens with zero attached hydrogens (tertiary/aromatic N) is 1. The van der Waals surface area contributed by atoms with Gasteiger partial charge in [0.1, 0.15) is 6.61 Å². The average Bonchev–Trinajstić information content (AvgIpc) is 2.72. The SMILES string of the molecule is O=C(OC/C=C/c1ccccc1)c1cc(S(=O)(=O)N2CCOCC2)ccc1Cl. The van der Waals surface area contributed by atoms with Crippen molar-refractivity contribution in [2.24, 2.45) is 0 Å². The Kier molecular flexibility index (Phi) is 6.85. The molecule has 0 saturated carbocycles. The van der Waals surface area contributed by atoms with Gasteiger partial charge in [0.25, 0.3) is 0 Å². The van der Waals surface area contributed by atoms with Crippen LogP contribution in [0.2, 0.25) is 5.02 Å². The molecule has 2 aromatic carbocycles. The van der Waals surface area contributed by atoms with Crippen molar-refractivity contribution in [3.8, 4) is 0 Å². The molecule has 2 aromatic rings. The lowest BCUT2D eigenvalue weighted by molar-refractivity contribution is 0.0550. The molecule has 0 unspecified atom stereocenters. The van der Waals surface area contributed by atoms with Gasteiger partial charge in [0.2, 0.25) is 10.0 Å². The summed E-state index contributed by atoms with van der Waals surface area (Å²) >= 11 is 6.09. The second-order valence-electron chi connectivity index (χ2n) is 6.07. The highest BCUT2D eigenvalue weighted by Gasteiger charge is 2.27. The average molecular weight is 422 g/mol. The van der Waals surface area contributed by atoms with Gasteiger partial charge in [-0.1, -0.05) is 48.0 Å². The third-order valence-corrected chi connectivity index (χ3v) is 6.41. The molecule has 0 aromatic heterocycles. The van der Waals surface area contributed by atoms with Gasteiger partial charge in [-0.05, 0) is 29.8 Å². The van der Waals surface area contributed by atoms with Crippen LogP contribution in [-0.4, -0.2) is 51.6 Å². The summed E-state index contributed by atoms with van der Waals surface area (Å²) in [4.78, 5) is 12.4. The molecule has 8 heteroatoms. The molecule has 0 spiro atoms. The highest BCUT2D eigenvalue weighted by Crippen LogP contribution is 2.24. The number of carbonyl (C=O) groups excluding carboxylic acids is 1. The number of hydrogen-bond donors (Lipinski definition) is 0. The minimum Gasteiger partial charge on any atom is -0.458 e. The van der Waals surface area contributed by atoms with E-state index in [-0.39, 0.29) is 35.2 Å². The van der Waals surface area contributed by atoms with Crippen molar-refractivity contribution in [3.63, 3.8) is 0 Å². The highest BCUT2D eigenvalue weighted by molar-refractivity contribution is 7.89. The molecule has 0 aliphatic carbocycles. The zero-order chi connectivity index (χ0) is 20.0. The zero-order valence-corrected chi connectivity index (χ0v) is 16.7. The number of carbonyl (C=O) groups is 1. The van der Waals surface area contributed by atoms with Crippen molar-refractivity contribution in [1.82, 2.24) is 4.31 Å². The van der Waals surface area contributed by atoms with Crippen LogP contribution >= 0.6 is 11.6 Å². The van der Waals surface area contributed by atoms with Gasteiger partial charge >= 0.3 is 5.97 Å². The fourth-order valence-electron chi connectivity index (χ4n) is 2.71. The number of hydrogen-bond acceptors (Lipinski definition) is 5. The maximum Gasteiger partial charge on any atom is 0.340 e. The summed E-state index contributed by atoms with van der Waals surface area (Å²) in [6.45, 7) is 1.28. The number of sulfonamides is 1. The molecule has 0 radical (unpaired) electrons. The topological polar surface area (TPSA) is 72.9 Å². The van der Waals surface area contributed by atoms with Crippen molar-refractivity contribution in [2.75, 3.05) is 32.9 Å². The monoisotopic (exact) mass is 421 g/mol. The number of halogens is 1. The predicted octanol–water partition coefficient (Wildman–Crippen LogP) is 3.23. The van der Waals surface area contributed by atoms with Gasteiger partial charge in [-0.3, -0.25) is 0 Å². The van der Waals surface area contributed by atoms with Crippen molar-refractivity contribution >= 4 is 33.7 Å². The Bertz CT molecular complexity index is 954. The van der Waals surface area contributed by atoms with Gasteiger partial charge < -0.3 is 9.47 Å². The van der Waals surface area contributed by atoms with Crippen LogP contribution < -0.4 is 0 Å². The zero-order valence-electron chi connectivity index (χ0n) is 15.1. The van der Waals surface area contributed by atoms with E-state index in [0.29, 0.717) is 13.2 Å². The first-order valence-corrected chi connectivity index (χ1v) is 10.6. The fraction of sp³-hybridized carbons (Fsp3) is 0.250. The molecule has 1 fully saturated rings. The Labute approximate surface area is 169 Å². The van der Waals surface area contributed by atoms with Crippen LogP contribution in [0.25, 0.3) is 6.08 Å². The summed E-state index contributed by atoms with van der Waals surface area (Å²) in [5.74, 6) is -0.679. The van der Waals surface area contributed by atoms with Gasteiger partial charge in [0.15, 0.2) is 0 Å². The standard InChI is InChI=1S/C20H20ClNO5S/c21-19-9-8-17(28(24,25)22-10-13-26-14-11-22)15-18(19)20(23)27-12-4-7-16-5-2-1-3-6-16/h1-9,15H,10-14H2/b7-4+. The third-order valence-electron chi connectivity index (χ3n) is 4.19. The Morgan fingerprint density at radius 2 is 1.86 bits per heavy atom. The highest BCUT2D eigenvalue weighted by atomic mass is 35.5. The van der Waals surface area contributed by atoms with Gasteiger partial charge in [-0.15, -0.1) is 0 Å². The maximum absolute atomic E-state index is 12.8. The van der Waals surface area contributed by atoms with E-state index < -0.39 is 16.0 Å². The molecule has 0 N–H and O–H groups in total. The van der Waals surface area contributed by atoms with E-state index in [1.807, 2.05) is 36.4 Å². The minimum atomic E-state index is -3.72. The Balaban J connectivity index is 1.70. The summed E-state index contributed by atoms with van der Waals surface area (Å²) in [5.41, 5.74) is 0.999. The quantitative estimate of drug-likeness (QED) is 0.669. The molecule has 1 aliphatic heterocycles. The molecule has 6 nitrogen and oxygen atoms in total. The van der Waals surface area contributed by atoms with Gasteiger partial charge in [0.05, 0.1) is 28.7 Å². The lowest BCUT2D eigenvalue weighted by atomic mass is 10.2. The third kappa shape index (κ3) is 4.99. The second kappa shape index (κ2) is 9.34. The van der Waals surface area contributed by atoms with Crippen LogP contribution in [0, 0.1) is 0 Å². The Morgan fingerprint density at radius 3 is 2.57 bits per heavy atom. The predicted molar refractivity (Wildman–Crippen MR) is 107 cm³/mol.